The smallest absolute Gasteiger partial charge is 0.254 e. The number of hydrogen-bond acceptors (Lipinski definition) is 4. The summed E-state index contributed by atoms with van der Waals surface area (Å²) in [6, 6.07) is 6.81. The number of anilines is 1. The van der Waals surface area contributed by atoms with Crippen LogP contribution in [0.25, 0.3) is 0 Å². The normalized spacial score (nSPS) is 13.8. The van der Waals surface area contributed by atoms with Gasteiger partial charge in [0.05, 0.1) is 5.56 Å². The van der Waals surface area contributed by atoms with Crippen molar-refractivity contribution >= 4 is 11.9 Å². The first kappa shape index (κ1) is 13.5. The standard InChI is InChI=1S/C15H15FN4O/c16-13-4-2-1-3-10(13)7-17-15-18-8-11(9-19-15)14(21)20-12-5-6-12/h1-4,8-9,12H,5-7H2,(H,20,21)(H,17,18,19). The number of rotatable bonds is 5. The quantitative estimate of drug-likeness (QED) is 0.883. The Labute approximate surface area is 121 Å². The molecule has 1 aromatic heterocycles. The van der Waals surface area contributed by atoms with Crippen LogP contribution >= 0.6 is 0 Å². The third kappa shape index (κ3) is 3.53. The molecule has 2 aromatic rings. The Bertz CT molecular complexity index is 640. The van der Waals surface area contributed by atoms with Crippen molar-refractivity contribution in [2.45, 2.75) is 25.4 Å². The summed E-state index contributed by atoms with van der Waals surface area (Å²) in [7, 11) is 0. The van der Waals surface area contributed by atoms with Crippen molar-refractivity contribution in [1.82, 2.24) is 15.3 Å². The van der Waals surface area contributed by atoms with Gasteiger partial charge in [0, 0.05) is 30.5 Å². The highest BCUT2D eigenvalue weighted by molar-refractivity contribution is 5.94. The molecule has 5 nitrogen and oxygen atoms in total. The van der Waals surface area contributed by atoms with E-state index in [1.54, 1.807) is 18.2 Å². The topological polar surface area (TPSA) is 66.9 Å². The molecule has 1 saturated carbocycles. The van der Waals surface area contributed by atoms with Crippen molar-refractivity contribution in [2.24, 2.45) is 0 Å². The van der Waals surface area contributed by atoms with Gasteiger partial charge in [-0.25, -0.2) is 14.4 Å². The van der Waals surface area contributed by atoms with Crippen LogP contribution < -0.4 is 10.6 Å². The summed E-state index contributed by atoms with van der Waals surface area (Å²) in [5.74, 6) is -0.0650. The average molecular weight is 286 g/mol. The molecule has 21 heavy (non-hydrogen) atoms. The Hall–Kier alpha value is -2.50. The lowest BCUT2D eigenvalue weighted by molar-refractivity contribution is 0.0950. The molecule has 1 aliphatic carbocycles. The van der Waals surface area contributed by atoms with Gasteiger partial charge in [0.1, 0.15) is 5.82 Å². The predicted molar refractivity (Wildman–Crippen MR) is 76.2 cm³/mol. The number of nitrogens with one attached hydrogen (secondary N) is 2. The summed E-state index contributed by atoms with van der Waals surface area (Å²) in [5, 5.41) is 5.79. The Morgan fingerprint density at radius 3 is 2.62 bits per heavy atom. The van der Waals surface area contributed by atoms with Crippen LogP contribution in [0.15, 0.2) is 36.7 Å². The van der Waals surface area contributed by atoms with Crippen LogP contribution in [-0.4, -0.2) is 21.9 Å². The zero-order valence-electron chi connectivity index (χ0n) is 11.3. The third-order valence-electron chi connectivity index (χ3n) is 3.22. The SMILES string of the molecule is O=C(NC1CC1)c1cnc(NCc2ccccc2F)nc1. The molecule has 108 valence electrons. The molecule has 0 atom stereocenters. The average Bonchev–Trinajstić information content (AvgIpc) is 3.31. The molecule has 0 bridgehead atoms. The van der Waals surface area contributed by atoms with Gasteiger partial charge in [0.2, 0.25) is 5.95 Å². The molecule has 3 rings (SSSR count). The Morgan fingerprint density at radius 2 is 1.95 bits per heavy atom. The van der Waals surface area contributed by atoms with E-state index in [1.165, 1.54) is 18.5 Å². The first-order chi connectivity index (χ1) is 10.2. The van der Waals surface area contributed by atoms with Crippen LogP contribution in [0.5, 0.6) is 0 Å². The number of aromatic nitrogens is 2. The Morgan fingerprint density at radius 1 is 1.24 bits per heavy atom. The highest BCUT2D eigenvalue weighted by Crippen LogP contribution is 2.19. The van der Waals surface area contributed by atoms with E-state index >= 15 is 0 Å². The van der Waals surface area contributed by atoms with Gasteiger partial charge in [0.25, 0.3) is 5.91 Å². The molecular formula is C15H15FN4O. The Balaban J connectivity index is 1.59. The highest BCUT2D eigenvalue weighted by Gasteiger charge is 2.23. The fourth-order valence-corrected chi connectivity index (χ4v) is 1.85. The molecule has 6 heteroatoms. The monoisotopic (exact) mass is 286 g/mol. The fraction of sp³-hybridized carbons (Fsp3) is 0.267. The summed E-state index contributed by atoms with van der Waals surface area (Å²) in [6.07, 6.45) is 5.01. The molecule has 0 saturated heterocycles. The van der Waals surface area contributed by atoms with Crippen LogP contribution in [0.2, 0.25) is 0 Å². The number of benzene rings is 1. The van der Waals surface area contributed by atoms with Gasteiger partial charge in [0.15, 0.2) is 0 Å². The van der Waals surface area contributed by atoms with E-state index in [1.807, 2.05) is 0 Å². The lowest BCUT2D eigenvalue weighted by atomic mass is 10.2. The molecular weight excluding hydrogens is 271 g/mol. The van der Waals surface area contributed by atoms with Gasteiger partial charge in [-0.1, -0.05) is 18.2 Å². The van der Waals surface area contributed by atoms with Gasteiger partial charge in [-0.3, -0.25) is 4.79 Å². The molecule has 2 N–H and O–H groups in total. The lowest BCUT2D eigenvalue weighted by Crippen LogP contribution is -2.25. The van der Waals surface area contributed by atoms with Gasteiger partial charge < -0.3 is 10.6 Å². The Kier molecular flexibility index (Phi) is 3.77. The molecule has 1 aliphatic rings. The van der Waals surface area contributed by atoms with E-state index in [4.69, 9.17) is 0 Å². The van der Waals surface area contributed by atoms with E-state index in [0.29, 0.717) is 29.7 Å². The van der Waals surface area contributed by atoms with Crippen molar-refractivity contribution in [3.8, 4) is 0 Å². The maximum absolute atomic E-state index is 13.5. The molecule has 1 fully saturated rings. The second-order valence-electron chi connectivity index (χ2n) is 4.99. The second kappa shape index (κ2) is 5.87. The van der Waals surface area contributed by atoms with Crippen LogP contribution in [0.4, 0.5) is 10.3 Å². The third-order valence-corrected chi connectivity index (χ3v) is 3.22. The fourth-order valence-electron chi connectivity index (χ4n) is 1.85. The first-order valence-corrected chi connectivity index (χ1v) is 6.82. The van der Waals surface area contributed by atoms with Gasteiger partial charge in [-0.2, -0.15) is 0 Å². The summed E-state index contributed by atoms with van der Waals surface area (Å²) < 4.78 is 13.5. The number of carbonyl (C=O) groups is 1. The maximum Gasteiger partial charge on any atom is 0.254 e. The molecule has 0 spiro atoms. The molecule has 1 aromatic carbocycles. The zero-order chi connectivity index (χ0) is 14.7. The van der Waals surface area contributed by atoms with Crippen LogP contribution in [0.3, 0.4) is 0 Å². The largest absolute Gasteiger partial charge is 0.350 e. The van der Waals surface area contributed by atoms with Crippen LogP contribution in [-0.2, 0) is 6.54 Å². The second-order valence-corrected chi connectivity index (χ2v) is 4.99. The van der Waals surface area contributed by atoms with Gasteiger partial charge >= 0.3 is 0 Å². The minimum Gasteiger partial charge on any atom is -0.350 e. The number of hydrogen-bond donors (Lipinski definition) is 2. The van der Waals surface area contributed by atoms with Gasteiger partial charge in [-0.05, 0) is 18.9 Å². The number of carbonyl (C=O) groups excluding carboxylic acids is 1. The van der Waals surface area contributed by atoms with E-state index < -0.39 is 0 Å². The van der Waals surface area contributed by atoms with Crippen molar-refractivity contribution in [1.29, 1.82) is 0 Å². The summed E-state index contributed by atoms with van der Waals surface area (Å²) >= 11 is 0. The minimum atomic E-state index is -0.273. The van der Waals surface area contributed by atoms with Crippen molar-refractivity contribution in [3.05, 3.63) is 53.6 Å². The number of nitrogens with zero attached hydrogens (tertiary/aromatic N) is 2. The lowest BCUT2D eigenvalue weighted by Gasteiger charge is -2.06. The van der Waals surface area contributed by atoms with E-state index in [2.05, 4.69) is 20.6 Å². The van der Waals surface area contributed by atoms with E-state index in [9.17, 15) is 9.18 Å². The number of halogens is 1. The molecule has 0 unspecified atom stereocenters. The van der Waals surface area contributed by atoms with Crippen LogP contribution in [0.1, 0.15) is 28.8 Å². The molecule has 0 aliphatic heterocycles. The zero-order valence-corrected chi connectivity index (χ0v) is 11.3. The first-order valence-electron chi connectivity index (χ1n) is 6.82. The predicted octanol–water partition coefficient (Wildman–Crippen LogP) is 2.12. The van der Waals surface area contributed by atoms with E-state index in [0.717, 1.165) is 12.8 Å². The minimum absolute atomic E-state index is 0.154. The van der Waals surface area contributed by atoms with Crippen molar-refractivity contribution in [3.63, 3.8) is 0 Å². The van der Waals surface area contributed by atoms with Crippen molar-refractivity contribution in [2.75, 3.05) is 5.32 Å². The molecule has 1 heterocycles. The highest BCUT2D eigenvalue weighted by atomic mass is 19.1. The maximum atomic E-state index is 13.5. The number of amides is 1. The summed E-state index contributed by atoms with van der Waals surface area (Å²) in [6.45, 7) is 0.292. The summed E-state index contributed by atoms with van der Waals surface area (Å²) in [4.78, 5) is 19.9. The van der Waals surface area contributed by atoms with E-state index in [-0.39, 0.29) is 11.7 Å². The van der Waals surface area contributed by atoms with Crippen molar-refractivity contribution < 1.29 is 9.18 Å². The molecule has 1 amide bonds. The molecule has 0 radical (unpaired) electrons. The summed E-state index contributed by atoms with van der Waals surface area (Å²) in [5.41, 5.74) is 0.968. The van der Waals surface area contributed by atoms with Gasteiger partial charge in [-0.15, -0.1) is 0 Å². The van der Waals surface area contributed by atoms with Crippen LogP contribution in [0, 0.1) is 5.82 Å².